The molecular formula is C15H19F2NO2. The van der Waals surface area contributed by atoms with Crippen LogP contribution in [0, 0.1) is 17.6 Å². The Kier molecular flexibility index (Phi) is 4.38. The van der Waals surface area contributed by atoms with Crippen molar-refractivity contribution in [3.63, 3.8) is 0 Å². The van der Waals surface area contributed by atoms with Crippen molar-refractivity contribution in [1.82, 2.24) is 5.32 Å². The van der Waals surface area contributed by atoms with E-state index in [1.54, 1.807) is 0 Å². The number of aliphatic hydroxyl groups is 1. The third kappa shape index (κ3) is 3.15. The molecule has 0 bridgehead atoms. The van der Waals surface area contributed by atoms with Crippen LogP contribution in [0.1, 0.15) is 43.0 Å². The van der Waals surface area contributed by atoms with Crippen LogP contribution in [0.15, 0.2) is 18.2 Å². The van der Waals surface area contributed by atoms with E-state index in [1.807, 2.05) is 0 Å². The van der Waals surface area contributed by atoms with Crippen molar-refractivity contribution in [2.45, 2.75) is 38.1 Å². The topological polar surface area (TPSA) is 49.3 Å². The van der Waals surface area contributed by atoms with Crippen LogP contribution in [0.2, 0.25) is 0 Å². The molecule has 0 spiro atoms. The Hall–Kier alpha value is -1.49. The Morgan fingerprint density at radius 2 is 2.05 bits per heavy atom. The lowest BCUT2D eigenvalue weighted by atomic mass is 9.77. The molecule has 1 saturated carbocycles. The molecule has 110 valence electrons. The number of aliphatic hydroxyl groups excluding tert-OH is 1. The van der Waals surface area contributed by atoms with E-state index in [4.69, 9.17) is 0 Å². The van der Waals surface area contributed by atoms with E-state index in [0.29, 0.717) is 24.8 Å². The number of carbonyl (C=O) groups excluding carboxylic acids is 1. The van der Waals surface area contributed by atoms with Gasteiger partial charge < -0.3 is 10.4 Å². The zero-order valence-electron chi connectivity index (χ0n) is 11.5. The molecule has 0 unspecified atom stereocenters. The predicted molar refractivity (Wildman–Crippen MR) is 71.3 cm³/mol. The molecule has 0 aromatic heterocycles. The monoisotopic (exact) mass is 283 g/mol. The fourth-order valence-corrected chi connectivity index (χ4v) is 2.62. The van der Waals surface area contributed by atoms with Gasteiger partial charge in [-0.05, 0) is 43.7 Å². The molecule has 5 heteroatoms. The average Bonchev–Trinajstić information content (AvgIpc) is 2.41. The molecule has 1 aromatic carbocycles. The Morgan fingerprint density at radius 1 is 1.40 bits per heavy atom. The molecule has 0 atom stereocenters. The lowest BCUT2D eigenvalue weighted by Crippen LogP contribution is -2.53. The van der Waals surface area contributed by atoms with Gasteiger partial charge in [0, 0.05) is 6.07 Å². The molecule has 1 amide bonds. The SMILES string of the molecule is CC1CCC(CO)(NC(=O)c2ccc(F)cc2F)CC1. The maximum absolute atomic E-state index is 13.6. The van der Waals surface area contributed by atoms with Crippen LogP contribution in [0.25, 0.3) is 0 Å². The van der Waals surface area contributed by atoms with Gasteiger partial charge in [0.05, 0.1) is 17.7 Å². The van der Waals surface area contributed by atoms with E-state index in [-0.39, 0.29) is 12.2 Å². The highest BCUT2D eigenvalue weighted by Gasteiger charge is 2.35. The first-order chi connectivity index (χ1) is 9.46. The third-order valence-corrected chi connectivity index (χ3v) is 4.09. The maximum atomic E-state index is 13.6. The van der Waals surface area contributed by atoms with Crippen molar-refractivity contribution in [3.05, 3.63) is 35.4 Å². The normalized spacial score (nSPS) is 26.3. The molecule has 0 heterocycles. The summed E-state index contributed by atoms with van der Waals surface area (Å²) in [7, 11) is 0. The Bertz CT molecular complexity index is 497. The molecule has 1 aliphatic carbocycles. The van der Waals surface area contributed by atoms with Gasteiger partial charge in [-0.1, -0.05) is 6.92 Å². The largest absolute Gasteiger partial charge is 0.394 e. The Morgan fingerprint density at radius 3 is 2.60 bits per heavy atom. The number of rotatable bonds is 3. The summed E-state index contributed by atoms with van der Waals surface area (Å²) >= 11 is 0. The second-order valence-electron chi connectivity index (χ2n) is 5.70. The average molecular weight is 283 g/mol. The van der Waals surface area contributed by atoms with Gasteiger partial charge in [-0.2, -0.15) is 0 Å². The first-order valence-corrected chi connectivity index (χ1v) is 6.84. The van der Waals surface area contributed by atoms with Gasteiger partial charge in [0.25, 0.3) is 5.91 Å². The van der Waals surface area contributed by atoms with E-state index in [1.165, 1.54) is 0 Å². The summed E-state index contributed by atoms with van der Waals surface area (Å²) in [6.45, 7) is 1.96. The molecule has 1 aromatic rings. The number of benzene rings is 1. The van der Waals surface area contributed by atoms with Crippen molar-refractivity contribution in [2.75, 3.05) is 6.61 Å². The van der Waals surface area contributed by atoms with Gasteiger partial charge >= 0.3 is 0 Å². The molecule has 20 heavy (non-hydrogen) atoms. The molecule has 0 aliphatic heterocycles. The smallest absolute Gasteiger partial charge is 0.254 e. The van der Waals surface area contributed by atoms with E-state index >= 15 is 0 Å². The molecule has 0 radical (unpaired) electrons. The highest BCUT2D eigenvalue weighted by atomic mass is 19.1. The van der Waals surface area contributed by atoms with Crippen molar-refractivity contribution in [3.8, 4) is 0 Å². The van der Waals surface area contributed by atoms with Gasteiger partial charge in [0.15, 0.2) is 0 Å². The summed E-state index contributed by atoms with van der Waals surface area (Å²) < 4.78 is 26.4. The number of nitrogens with one attached hydrogen (secondary N) is 1. The van der Waals surface area contributed by atoms with Crippen LogP contribution >= 0.6 is 0 Å². The number of hydrogen-bond donors (Lipinski definition) is 2. The molecule has 0 saturated heterocycles. The summed E-state index contributed by atoms with van der Waals surface area (Å²) in [5.74, 6) is -1.65. The molecule has 2 N–H and O–H groups in total. The molecular weight excluding hydrogens is 264 g/mol. The highest BCUT2D eigenvalue weighted by molar-refractivity contribution is 5.95. The Balaban J connectivity index is 2.13. The van der Waals surface area contributed by atoms with Crippen molar-refractivity contribution in [1.29, 1.82) is 0 Å². The summed E-state index contributed by atoms with van der Waals surface area (Å²) in [5, 5.41) is 12.3. The number of carbonyl (C=O) groups is 1. The minimum atomic E-state index is -0.889. The van der Waals surface area contributed by atoms with Crippen LogP contribution in [-0.4, -0.2) is 23.2 Å². The Labute approximate surface area is 117 Å². The van der Waals surface area contributed by atoms with Crippen molar-refractivity contribution in [2.24, 2.45) is 5.92 Å². The number of halogens is 2. The molecule has 1 fully saturated rings. The zero-order valence-corrected chi connectivity index (χ0v) is 11.5. The fraction of sp³-hybridized carbons (Fsp3) is 0.533. The number of amides is 1. The molecule has 2 rings (SSSR count). The van der Waals surface area contributed by atoms with Crippen LogP contribution in [0.4, 0.5) is 8.78 Å². The molecule has 3 nitrogen and oxygen atoms in total. The van der Waals surface area contributed by atoms with Crippen LogP contribution in [-0.2, 0) is 0 Å². The summed E-state index contributed by atoms with van der Waals surface area (Å²) in [5.41, 5.74) is -0.886. The maximum Gasteiger partial charge on any atom is 0.254 e. The number of hydrogen-bond acceptors (Lipinski definition) is 2. The second-order valence-corrected chi connectivity index (χ2v) is 5.70. The van der Waals surface area contributed by atoms with Crippen molar-refractivity contribution >= 4 is 5.91 Å². The van der Waals surface area contributed by atoms with Gasteiger partial charge in [-0.25, -0.2) is 8.78 Å². The summed E-state index contributed by atoms with van der Waals surface area (Å²) in [6, 6.07) is 2.85. The lowest BCUT2D eigenvalue weighted by Gasteiger charge is -2.38. The van der Waals surface area contributed by atoms with E-state index in [9.17, 15) is 18.7 Å². The molecule has 1 aliphatic rings. The van der Waals surface area contributed by atoms with E-state index < -0.39 is 23.1 Å². The highest BCUT2D eigenvalue weighted by Crippen LogP contribution is 2.32. The first kappa shape index (κ1) is 14.9. The quantitative estimate of drug-likeness (QED) is 0.896. The second kappa shape index (κ2) is 5.87. The minimum absolute atomic E-state index is 0.172. The van der Waals surface area contributed by atoms with Gasteiger partial charge in [-0.3, -0.25) is 4.79 Å². The standard InChI is InChI=1S/C15H19F2NO2/c1-10-4-6-15(9-19,7-5-10)18-14(20)12-3-2-11(16)8-13(12)17/h2-3,8,10,19H,4-7,9H2,1H3,(H,18,20). The van der Waals surface area contributed by atoms with Crippen LogP contribution in [0.3, 0.4) is 0 Å². The summed E-state index contributed by atoms with van der Waals surface area (Å²) in [6.07, 6.45) is 3.15. The zero-order chi connectivity index (χ0) is 14.8. The van der Waals surface area contributed by atoms with Gasteiger partial charge in [0.1, 0.15) is 11.6 Å². The van der Waals surface area contributed by atoms with Crippen LogP contribution in [0.5, 0.6) is 0 Å². The lowest BCUT2D eigenvalue weighted by molar-refractivity contribution is 0.0713. The van der Waals surface area contributed by atoms with Crippen LogP contribution < -0.4 is 5.32 Å². The van der Waals surface area contributed by atoms with Gasteiger partial charge in [0.2, 0.25) is 0 Å². The third-order valence-electron chi connectivity index (χ3n) is 4.09. The van der Waals surface area contributed by atoms with E-state index in [0.717, 1.165) is 25.0 Å². The first-order valence-electron chi connectivity index (χ1n) is 6.84. The van der Waals surface area contributed by atoms with Crippen molar-refractivity contribution < 1.29 is 18.7 Å². The summed E-state index contributed by atoms with van der Waals surface area (Å²) in [4.78, 5) is 12.1. The minimum Gasteiger partial charge on any atom is -0.394 e. The fourth-order valence-electron chi connectivity index (χ4n) is 2.62. The van der Waals surface area contributed by atoms with Gasteiger partial charge in [-0.15, -0.1) is 0 Å². The predicted octanol–water partition coefficient (Wildman–Crippen LogP) is 2.64. The van der Waals surface area contributed by atoms with E-state index in [2.05, 4.69) is 12.2 Å².